The Kier molecular flexibility index (Phi) is 5.40. The first-order chi connectivity index (χ1) is 12.0. The second-order valence-electron chi connectivity index (χ2n) is 5.45. The zero-order chi connectivity index (χ0) is 17.8. The van der Waals surface area contributed by atoms with Crippen molar-refractivity contribution in [2.75, 3.05) is 5.32 Å². The maximum Gasteiger partial charge on any atom is 0.277 e. The summed E-state index contributed by atoms with van der Waals surface area (Å²) < 4.78 is 5.68. The molecule has 1 atom stereocenters. The van der Waals surface area contributed by atoms with Gasteiger partial charge in [0.2, 0.25) is 11.8 Å². The van der Waals surface area contributed by atoms with Gasteiger partial charge in [0.1, 0.15) is 0 Å². The minimum Gasteiger partial charge on any atom is -0.411 e. The van der Waals surface area contributed by atoms with E-state index in [9.17, 15) is 4.79 Å². The lowest BCUT2D eigenvalue weighted by atomic mass is 10.1. The van der Waals surface area contributed by atoms with Crippen LogP contribution in [0.2, 0.25) is 5.02 Å². The maximum absolute atomic E-state index is 12.3. The van der Waals surface area contributed by atoms with Crippen molar-refractivity contribution in [3.8, 4) is 11.5 Å². The maximum atomic E-state index is 12.3. The summed E-state index contributed by atoms with van der Waals surface area (Å²) in [5.41, 5.74) is 2.59. The topological polar surface area (TPSA) is 68.0 Å². The number of amides is 1. The summed E-state index contributed by atoms with van der Waals surface area (Å²) in [5.74, 6) is 0.283. The van der Waals surface area contributed by atoms with E-state index in [4.69, 9.17) is 16.0 Å². The van der Waals surface area contributed by atoms with Crippen LogP contribution in [0.1, 0.15) is 12.5 Å². The van der Waals surface area contributed by atoms with E-state index >= 15 is 0 Å². The van der Waals surface area contributed by atoms with Crippen LogP contribution in [0.3, 0.4) is 0 Å². The fourth-order valence-electron chi connectivity index (χ4n) is 2.19. The molecule has 0 aliphatic heterocycles. The molecular formula is C18H16ClN3O2S. The summed E-state index contributed by atoms with van der Waals surface area (Å²) in [7, 11) is 0. The second kappa shape index (κ2) is 7.72. The molecule has 3 rings (SSSR count). The van der Waals surface area contributed by atoms with Crippen LogP contribution in [-0.4, -0.2) is 21.4 Å². The highest BCUT2D eigenvalue weighted by Crippen LogP contribution is 2.28. The Bertz CT molecular complexity index is 897. The Morgan fingerprint density at radius 1 is 1.20 bits per heavy atom. The predicted octanol–water partition coefficient (Wildman–Crippen LogP) is 4.82. The summed E-state index contributed by atoms with van der Waals surface area (Å²) in [4.78, 5) is 12.3. The first kappa shape index (κ1) is 17.5. The lowest BCUT2D eigenvalue weighted by Crippen LogP contribution is -2.22. The minimum absolute atomic E-state index is 0.164. The van der Waals surface area contributed by atoms with Gasteiger partial charge in [0, 0.05) is 16.3 Å². The molecule has 0 saturated carbocycles. The Labute approximate surface area is 154 Å². The number of carbonyl (C=O) groups is 1. The second-order valence-corrected chi connectivity index (χ2v) is 7.18. The zero-order valence-electron chi connectivity index (χ0n) is 13.7. The molecule has 0 spiro atoms. The molecule has 1 N–H and O–H groups in total. The van der Waals surface area contributed by atoms with Gasteiger partial charge >= 0.3 is 0 Å². The summed E-state index contributed by atoms with van der Waals surface area (Å²) in [6, 6.07) is 14.8. The molecule has 0 aliphatic rings. The number of carbonyl (C=O) groups excluding carboxylic acids is 1. The van der Waals surface area contributed by atoms with Crippen molar-refractivity contribution in [1.29, 1.82) is 0 Å². The smallest absolute Gasteiger partial charge is 0.277 e. The SMILES string of the molecule is Cc1ccccc1-c1nnc(S[C@@H](C)C(=O)Nc2cccc(Cl)c2)o1. The van der Waals surface area contributed by atoms with Gasteiger partial charge in [-0.2, -0.15) is 0 Å². The molecular weight excluding hydrogens is 358 g/mol. The van der Waals surface area contributed by atoms with Gasteiger partial charge in [0.25, 0.3) is 5.22 Å². The predicted molar refractivity (Wildman–Crippen MR) is 99.9 cm³/mol. The highest BCUT2D eigenvalue weighted by molar-refractivity contribution is 8.00. The highest BCUT2D eigenvalue weighted by Gasteiger charge is 2.19. The average molecular weight is 374 g/mol. The Balaban J connectivity index is 1.66. The molecule has 0 radical (unpaired) electrons. The van der Waals surface area contributed by atoms with E-state index in [1.165, 1.54) is 11.8 Å². The standard InChI is InChI=1S/C18H16ClN3O2S/c1-11-6-3-4-9-15(11)17-21-22-18(24-17)25-12(2)16(23)20-14-8-5-7-13(19)10-14/h3-10,12H,1-2H3,(H,20,23)/t12-/m0/s1. The van der Waals surface area contributed by atoms with Crippen LogP contribution in [0, 0.1) is 6.92 Å². The molecule has 2 aromatic carbocycles. The fourth-order valence-corrected chi connectivity index (χ4v) is 3.07. The average Bonchev–Trinajstić information content (AvgIpc) is 3.03. The molecule has 0 saturated heterocycles. The van der Waals surface area contributed by atoms with Crippen LogP contribution in [0.5, 0.6) is 0 Å². The Morgan fingerprint density at radius 2 is 2.00 bits per heavy atom. The van der Waals surface area contributed by atoms with Crippen LogP contribution in [0.25, 0.3) is 11.5 Å². The van der Waals surface area contributed by atoms with E-state index in [1.54, 1.807) is 31.2 Å². The zero-order valence-corrected chi connectivity index (χ0v) is 15.3. The number of benzene rings is 2. The van der Waals surface area contributed by atoms with Gasteiger partial charge in [-0.15, -0.1) is 10.2 Å². The van der Waals surface area contributed by atoms with Crippen molar-refractivity contribution in [1.82, 2.24) is 10.2 Å². The van der Waals surface area contributed by atoms with Gasteiger partial charge < -0.3 is 9.73 Å². The van der Waals surface area contributed by atoms with E-state index in [2.05, 4.69) is 15.5 Å². The molecule has 3 aromatic rings. The van der Waals surface area contributed by atoms with Crippen LogP contribution < -0.4 is 5.32 Å². The number of aryl methyl sites for hydroxylation is 1. The van der Waals surface area contributed by atoms with E-state index in [0.717, 1.165) is 11.1 Å². The van der Waals surface area contributed by atoms with Gasteiger partial charge in [0.05, 0.1) is 5.25 Å². The van der Waals surface area contributed by atoms with Crippen molar-refractivity contribution in [3.63, 3.8) is 0 Å². The lowest BCUT2D eigenvalue weighted by Gasteiger charge is -2.10. The number of hydrogen-bond acceptors (Lipinski definition) is 5. The molecule has 128 valence electrons. The molecule has 25 heavy (non-hydrogen) atoms. The Morgan fingerprint density at radius 3 is 2.76 bits per heavy atom. The quantitative estimate of drug-likeness (QED) is 0.649. The fraction of sp³-hybridized carbons (Fsp3) is 0.167. The van der Waals surface area contributed by atoms with Crippen molar-refractivity contribution in [3.05, 3.63) is 59.1 Å². The van der Waals surface area contributed by atoms with Gasteiger partial charge in [0.15, 0.2) is 0 Å². The summed E-state index contributed by atoms with van der Waals surface area (Å²) in [5, 5.41) is 11.4. The number of anilines is 1. The molecule has 7 heteroatoms. The van der Waals surface area contributed by atoms with E-state index in [1.807, 2.05) is 31.2 Å². The van der Waals surface area contributed by atoms with Gasteiger partial charge in [-0.1, -0.05) is 47.6 Å². The van der Waals surface area contributed by atoms with Crippen molar-refractivity contribution in [2.45, 2.75) is 24.3 Å². The van der Waals surface area contributed by atoms with Crippen LogP contribution in [0.15, 0.2) is 58.2 Å². The summed E-state index contributed by atoms with van der Waals surface area (Å²) >= 11 is 7.13. The monoisotopic (exact) mass is 373 g/mol. The third kappa shape index (κ3) is 4.41. The lowest BCUT2D eigenvalue weighted by molar-refractivity contribution is -0.115. The minimum atomic E-state index is -0.399. The van der Waals surface area contributed by atoms with E-state index < -0.39 is 5.25 Å². The third-order valence-corrected chi connectivity index (χ3v) is 4.69. The molecule has 5 nitrogen and oxygen atoms in total. The van der Waals surface area contributed by atoms with Gasteiger partial charge in [-0.05, 0) is 43.7 Å². The van der Waals surface area contributed by atoms with E-state index in [-0.39, 0.29) is 5.91 Å². The van der Waals surface area contributed by atoms with Crippen LogP contribution in [0.4, 0.5) is 5.69 Å². The van der Waals surface area contributed by atoms with Crippen LogP contribution >= 0.6 is 23.4 Å². The normalized spacial score (nSPS) is 12.0. The molecule has 1 amide bonds. The van der Waals surface area contributed by atoms with Crippen molar-refractivity contribution >= 4 is 35.0 Å². The molecule has 0 unspecified atom stereocenters. The molecule has 0 bridgehead atoms. The number of rotatable bonds is 5. The van der Waals surface area contributed by atoms with Gasteiger partial charge in [-0.25, -0.2) is 0 Å². The van der Waals surface area contributed by atoms with Gasteiger partial charge in [-0.3, -0.25) is 4.79 Å². The number of halogens is 1. The Hall–Kier alpha value is -2.31. The largest absolute Gasteiger partial charge is 0.411 e. The summed E-state index contributed by atoms with van der Waals surface area (Å²) in [6.45, 7) is 3.76. The third-order valence-electron chi connectivity index (χ3n) is 3.52. The summed E-state index contributed by atoms with van der Waals surface area (Å²) in [6.07, 6.45) is 0. The molecule has 0 aliphatic carbocycles. The number of aromatic nitrogens is 2. The van der Waals surface area contributed by atoms with Crippen molar-refractivity contribution < 1.29 is 9.21 Å². The number of hydrogen-bond donors (Lipinski definition) is 1. The number of thioether (sulfide) groups is 1. The first-order valence-electron chi connectivity index (χ1n) is 7.65. The van der Waals surface area contributed by atoms with E-state index in [0.29, 0.717) is 21.8 Å². The van der Waals surface area contributed by atoms with Crippen LogP contribution in [-0.2, 0) is 4.79 Å². The van der Waals surface area contributed by atoms with Crippen molar-refractivity contribution in [2.24, 2.45) is 0 Å². The molecule has 0 fully saturated rings. The highest BCUT2D eigenvalue weighted by atomic mass is 35.5. The number of nitrogens with zero attached hydrogens (tertiary/aromatic N) is 2. The first-order valence-corrected chi connectivity index (χ1v) is 8.91. The molecule has 1 aromatic heterocycles. The molecule has 1 heterocycles. The number of nitrogens with one attached hydrogen (secondary N) is 1.